The lowest BCUT2D eigenvalue weighted by Crippen LogP contribution is -2.59. The summed E-state index contributed by atoms with van der Waals surface area (Å²) in [5.41, 5.74) is -0.977. The zero-order valence-corrected chi connectivity index (χ0v) is 29.1. The van der Waals surface area contributed by atoms with Crippen LogP contribution in [-0.2, 0) is 52.7 Å². The summed E-state index contributed by atoms with van der Waals surface area (Å²) in [6.45, 7) is 11.3. The third-order valence-electron chi connectivity index (χ3n) is 12.3. The highest BCUT2D eigenvalue weighted by atomic mass is 32.2. The second-order valence-corrected chi connectivity index (χ2v) is 22.4. The van der Waals surface area contributed by atoms with Crippen LogP contribution < -0.4 is 0 Å². The quantitative estimate of drug-likeness (QED) is 0.108. The Labute approximate surface area is 273 Å². The maximum atomic E-state index is 14.0. The summed E-state index contributed by atoms with van der Waals surface area (Å²) < 4.78 is 87.4. The first kappa shape index (κ1) is 34.7. The van der Waals surface area contributed by atoms with Crippen molar-refractivity contribution in [2.75, 3.05) is 13.2 Å². The Bertz CT molecular complexity index is 1430. The molecule has 1 saturated heterocycles. The molecule has 8 atom stereocenters. The van der Waals surface area contributed by atoms with Gasteiger partial charge < -0.3 is 23.4 Å². The summed E-state index contributed by atoms with van der Waals surface area (Å²) in [6.07, 6.45) is 0.347. The molecule has 12 nitrogen and oxygen atoms in total. The lowest BCUT2D eigenvalue weighted by molar-refractivity contribution is -0.209. The van der Waals surface area contributed by atoms with E-state index in [1.54, 1.807) is 0 Å². The standard InChI is InChI=1S/C31H44F2O12SSi/c1-29(2,3)47(4,5)42-8-6-7-41-25(34)20-18-11-19-21(20)26(35)43-23(19)24(18)45-27(36)30-12-15-9-16(13-30)22(17(10-15)14-30)44-28(37)31(32,33)46(38,39)40/h15-24H,6-14H2,1-5H3,(H,38,39,40). The number of halogens is 2. The van der Waals surface area contributed by atoms with E-state index in [9.17, 15) is 36.4 Å². The average molecular weight is 707 g/mol. The minimum Gasteiger partial charge on any atom is -0.465 e. The van der Waals surface area contributed by atoms with Gasteiger partial charge in [-0.3, -0.25) is 18.9 Å². The minimum atomic E-state index is -6.01. The van der Waals surface area contributed by atoms with Crippen molar-refractivity contribution >= 4 is 42.3 Å². The lowest BCUT2D eigenvalue weighted by atomic mass is 9.48. The molecule has 1 aliphatic heterocycles. The molecule has 6 aliphatic carbocycles. The fraction of sp³-hybridized carbons (Fsp3) is 0.871. The maximum absolute atomic E-state index is 14.0. The third kappa shape index (κ3) is 5.72. The predicted octanol–water partition coefficient (Wildman–Crippen LogP) is 3.88. The van der Waals surface area contributed by atoms with Gasteiger partial charge in [0, 0.05) is 24.9 Å². The monoisotopic (exact) mass is 706 g/mol. The molecule has 0 aromatic carbocycles. The number of carbonyl (C=O) groups is 4. The van der Waals surface area contributed by atoms with Gasteiger partial charge in [0.15, 0.2) is 8.32 Å². The number of fused-ring (bicyclic) bond motifs is 1. The molecular weight excluding hydrogens is 662 g/mol. The number of esters is 4. The predicted molar refractivity (Wildman–Crippen MR) is 159 cm³/mol. The third-order valence-corrected chi connectivity index (χ3v) is 17.6. The highest BCUT2D eigenvalue weighted by Crippen LogP contribution is 2.63. The van der Waals surface area contributed by atoms with E-state index in [2.05, 4.69) is 33.9 Å². The first-order valence-electron chi connectivity index (χ1n) is 16.4. The lowest BCUT2D eigenvalue weighted by Gasteiger charge is -2.58. The molecule has 264 valence electrons. The molecule has 0 spiro atoms. The number of ether oxygens (including phenoxy) is 4. The van der Waals surface area contributed by atoms with Gasteiger partial charge >= 0.3 is 39.2 Å². The molecule has 7 aliphatic rings. The highest BCUT2D eigenvalue weighted by Gasteiger charge is 2.71. The SMILES string of the molecule is CC(C)(C)[Si](C)(C)OCCCOC(=O)C1C2CC3C(OC(=O)C31)C2OC(=O)C12CC3CC(C1)C(OC(=O)C(F)(F)S(=O)(=O)O)C(C3)C2. The number of hydrogen-bond donors (Lipinski definition) is 1. The Hall–Kier alpha value is -2.17. The number of alkyl halides is 2. The fourth-order valence-corrected chi connectivity index (χ4v) is 10.7. The Kier molecular flexibility index (Phi) is 8.44. The van der Waals surface area contributed by atoms with E-state index in [4.69, 9.17) is 27.9 Å². The zero-order chi connectivity index (χ0) is 34.5. The van der Waals surface area contributed by atoms with Gasteiger partial charge in [0.25, 0.3) is 0 Å². The van der Waals surface area contributed by atoms with Gasteiger partial charge in [-0.1, -0.05) is 20.8 Å². The summed E-state index contributed by atoms with van der Waals surface area (Å²) in [7, 11) is -7.96. The molecule has 47 heavy (non-hydrogen) atoms. The number of rotatable bonds is 11. The van der Waals surface area contributed by atoms with Crippen molar-refractivity contribution in [3.63, 3.8) is 0 Å². The van der Waals surface area contributed by atoms with E-state index in [0.717, 1.165) is 0 Å². The summed E-state index contributed by atoms with van der Waals surface area (Å²) in [4.78, 5) is 52.3. The van der Waals surface area contributed by atoms with Gasteiger partial charge in [0.05, 0.1) is 23.9 Å². The summed E-state index contributed by atoms with van der Waals surface area (Å²) >= 11 is 0. The Morgan fingerprint density at radius 2 is 1.62 bits per heavy atom. The molecule has 16 heteroatoms. The fourth-order valence-electron chi connectivity index (χ4n) is 9.31. The van der Waals surface area contributed by atoms with Crippen LogP contribution in [0.3, 0.4) is 0 Å². The van der Waals surface area contributed by atoms with Crippen molar-refractivity contribution in [1.29, 1.82) is 0 Å². The maximum Gasteiger partial charge on any atom is 0.465 e. The molecule has 8 unspecified atom stereocenters. The van der Waals surface area contributed by atoms with Crippen molar-refractivity contribution in [3.8, 4) is 0 Å². The first-order valence-corrected chi connectivity index (χ1v) is 20.8. The van der Waals surface area contributed by atoms with Crippen LogP contribution >= 0.6 is 0 Å². The second-order valence-electron chi connectivity index (χ2n) is 16.1. The van der Waals surface area contributed by atoms with Crippen LogP contribution in [0.1, 0.15) is 65.7 Å². The normalized spacial score (nSPS) is 38.8. The first-order chi connectivity index (χ1) is 21.7. The Morgan fingerprint density at radius 3 is 2.21 bits per heavy atom. The van der Waals surface area contributed by atoms with Gasteiger partial charge in [-0.25, -0.2) is 4.79 Å². The van der Waals surface area contributed by atoms with Crippen molar-refractivity contribution in [2.45, 2.75) is 107 Å². The molecule has 7 fully saturated rings. The van der Waals surface area contributed by atoms with Gasteiger partial charge in [-0.2, -0.15) is 17.2 Å². The highest BCUT2D eigenvalue weighted by molar-refractivity contribution is 7.87. The van der Waals surface area contributed by atoms with E-state index >= 15 is 0 Å². The van der Waals surface area contributed by atoms with E-state index in [0.29, 0.717) is 38.7 Å². The van der Waals surface area contributed by atoms with Crippen molar-refractivity contribution in [3.05, 3.63) is 0 Å². The van der Waals surface area contributed by atoms with Crippen LogP contribution in [0.25, 0.3) is 0 Å². The second kappa shape index (κ2) is 11.4. The molecule has 0 aromatic rings. The molecule has 0 aromatic heterocycles. The van der Waals surface area contributed by atoms with Gasteiger partial charge in [-0.15, -0.1) is 0 Å². The smallest absolute Gasteiger partial charge is 0.465 e. The van der Waals surface area contributed by atoms with E-state index in [1.807, 2.05) is 0 Å². The topological polar surface area (TPSA) is 169 Å². The molecule has 7 rings (SSSR count). The van der Waals surface area contributed by atoms with Crippen LogP contribution in [-0.4, -0.2) is 81.9 Å². The summed E-state index contributed by atoms with van der Waals surface area (Å²) in [5, 5.41) is -5.06. The molecule has 1 heterocycles. The van der Waals surface area contributed by atoms with Crippen LogP contribution in [0.2, 0.25) is 18.1 Å². The zero-order valence-electron chi connectivity index (χ0n) is 27.2. The molecule has 0 radical (unpaired) electrons. The van der Waals surface area contributed by atoms with Gasteiger partial charge in [0.2, 0.25) is 0 Å². The molecular formula is C31H44F2O12SSi. The van der Waals surface area contributed by atoms with Crippen LogP contribution in [0.4, 0.5) is 8.78 Å². The van der Waals surface area contributed by atoms with Gasteiger partial charge in [0.1, 0.15) is 18.3 Å². The number of carbonyl (C=O) groups excluding carboxylic acids is 4. The number of hydrogen-bond acceptors (Lipinski definition) is 11. The molecule has 6 bridgehead atoms. The summed E-state index contributed by atoms with van der Waals surface area (Å²) in [5.74, 6) is -6.94. The van der Waals surface area contributed by atoms with Gasteiger partial charge in [-0.05, 0) is 74.4 Å². The minimum absolute atomic E-state index is 0.0484. The van der Waals surface area contributed by atoms with Crippen LogP contribution in [0.5, 0.6) is 0 Å². The van der Waals surface area contributed by atoms with Crippen LogP contribution in [0, 0.1) is 46.8 Å². The molecule has 6 saturated carbocycles. The van der Waals surface area contributed by atoms with Crippen molar-refractivity contribution in [1.82, 2.24) is 0 Å². The molecule has 0 amide bonds. The average Bonchev–Trinajstić information content (AvgIpc) is 3.57. The largest absolute Gasteiger partial charge is 0.465 e. The van der Waals surface area contributed by atoms with E-state index < -0.39 is 101 Å². The van der Waals surface area contributed by atoms with Crippen LogP contribution in [0.15, 0.2) is 0 Å². The Balaban J connectivity index is 1.09. The summed E-state index contributed by atoms with van der Waals surface area (Å²) in [6, 6.07) is 0. The van der Waals surface area contributed by atoms with E-state index in [-0.39, 0.29) is 36.3 Å². The van der Waals surface area contributed by atoms with Crippen molar-refractivity contribution in [2.24, 2.45) is 46.8 Å². The Morgan fingerprint density at radius 1 is 0.979 bits per heavy atom. The van der Waals surface area contributed by atoms with E-state index in [1.165, 1.54) is 0 Å². The molecule has 1 N–H and O–H groups in total. The van der Waals surface area contributed by atoms with Crippen molar-refractivity contribution < 1.29 is 64.3 Å².